The van der Waals surface area contributed by atoms with Gasteiger partial charge in [0.25, 0.3) is 5.91 Å². The summed E-state index contributed by atoms with van der Waals surface area (Å²) >= 11 is 0. The van der Waals surface area contributed by atoms with Crippen molar-refractivity contribution in [1.82, 2.24) is 15.1 Å². The van der Waals surface area contributed by atoms with Crippen molar-refractivity contribution in [3.63, 3.8) is 0 Å². The minimum absolute atomic E-state index is 0.0492. The maximum atomic E-state index is 12.3. The molecule has 2 rings (SSSR count). The lowest BCUT2D eigenvalue weighted by molar-refractivity contribution is -0.149. The molecule has 2 heterocycles. The van der Waals surface area contributed by atoms with E-state index in [2.05, 4.69) is 5.32 Å². The predicted octanol–water partition coefficient (Wildman–Crippen LogP) is -0.308. The van der Waals surface area contributed by atoms with E-state index in [9.17, 15) is 9.59 Å². The number of amides is 2. The Balaban J connectivity index is 1.78. The summed E-state index contributed by atoms with van der Waals surface area (Å²) < 4.78 is 5.49. The molecule has 0 spiro atoms. The van der Waals surface area contributed by atoms with Gasteiger partial charge in [0.05, 0.1) is 6.61 Å². The van der Waals surface area contributed by atoms with Gasteiger partial charge in [-0.25, -0.2) is 0 Å². The smallest absolute Gasteiger partial charge is 0.253 e. The minimum atomic E-state index is -0.360. The van der Waals surface area contributed by atoms with Gasteiger partial charge in [0, 0.05) is 45.7 Å². The van der Waals surface area contributed by atoms with Crippen LogP contribution in [0.2, 0.25) is 0 Å². The molecule has 0 aromatic heterocycles. The highest BCUT2D eigenvalue weighted by Crippen LogP contribution is 2.10. The Labute approximate surface area is 120 Å². The van der Waals surface area contributed by atoms with Crippen LogP contribution in [0.3, 0.4) is 0 Å². The molecule has 0 radical (unpaired) electrons. The van der Waals surface area contributed by atoms with Crippen LogP contribution in [0.5, 0.6) is 0 Å². The van der Waals surface area contributed by atoms with Crippen LogP contribution in [-0.2, 0) is 14.3 Å². The fourth-order valence-corrected chi connectivity index (χ4v) is 2.58. The van der Waals surface area contributed by atoms with E-state index < -0.39 is 0 Å². The molecule has 6 heteroatoms. The molecule has 0 bridgehead atoms. The van der Waals surface area contributed by atoms with Crippen molar-refractivity contribution in [3.05, 3.63) is 0 Å². The molecule has 6 nitrogen and oxygen atoms in total. The number of hydrogen-bond donors (Lipinski definition) is 1. The zero-order chi connectivity index (χ0) is 14.5. The van der Waals surface area contributed by atoms with Crippen LogP contribution < -0.4 is 5.32 Å². The molecule has 2 saturated heterocycles. The Hall–Kier alpha value is -1.14. The maximum absolute atomic E-state index is 12.3. The molecule has 0 aromatic carbocycles. The van der Waals surface area contributed by atoms with Gasteiger partial charge in [-0.2, -0.15) is 0 Å². The Morgan fingerprint density at radius 1 is 1.20 bits per heavy atom. The molecule has 2 fully saturated rings. The first-order valence-electron chi connectivity index (χ1n) is 7.47. The number of carbonyl (C=O) groups excluding carboxylic acids is 2. The number of ether oxygens (including phenoxy) is 1. The number of nitrogens with zero attached hydrogens (tertiary/aromatic N) is 2. The van der Waals surface area contributed by atoms with Crippen molar-refractivity contribution in [1.29, 1.82) is 0 Å². The number of hydrogen-bond acceptors (Lipinski definition) is 4. The van der Waals surface area contributed by atoms with E-state index in [1.165, 1.54) is 0 Å². The first kappa shape index (κ1) is 15.3. The highest BCUT2D eigenvalue weighted by atomic mass is 16.5. The average Bonchev–Trinajstić information content (AvgIpc) is 2.47. The van der Waals surface area contributed by atoms with E-state index >= 15 is 0 Å². The molecule has 2 amide bonds. The third kappa shape index (κ3) is 3.93. The highest BCUT2D eigenvalue weighted by molar-refractivity contribution is 5.82. The summed E-state index contributed by atoms with van der Waals surface area (Å²) in [6.07, 6.45) is 0.227. The third-order valence-electron chi connectivity index (χ3n) is 3.73. The van der Waals surface area contributed by atoms with Crippen LogP contribution in [-0.4, -0.2) is 73.6 Å². The summed E-state index contributed by atoms with van der Waals surface area (Å²) in [5.74, 6) is 0.625. The largest absolute Gasteiger partial charge is 0.366 e. The molecule has 1 N–H and O–H groups in total. The van der Waals surface area contributed by atoms with Crippen LogP contribution >= 0.6 is 0 Å². The van der Waals surface area contributed by atoms with Gasteiger partial charge < -0.3 is 19.9 Å². The number of morpholine rings is 1. The fourth-order valence-electron chi connectivity index (χ4n) is 2.58. The van der Waals surface area contributed by atoms with Crippen molar-refractivity contribution in [2.24, 2.45) is 5.92 Å². The number of carbonyl (C=O) groups is 2. The van der Waals surface area contributed by atoms with Crippen molar-refractivity contribution < 1.29 is 14.3 Å². The van der Waals surface area contributed by atoms with Crippen LogP contribution in [0.25, 0.3) is 0 Å². The summed E-state index contributed by atoms with van der Waals surface area (Å²) in [5.41, 5.74) is 0. The molecular formula is C14H25N3O3. The van der Waals surface area contributed by atoms with Gasteiger partial charge in [-0.15, -0.1) is 0 Å². The normalized spacial score (nSPS) is 24.1. The van der Waals surface area contributed by atoms with E-state index in [-0.39, 0.29) is 17.9 Å². The average molecular weight is 283 g/mol. The molecule has 1 unspecified atom stereocenters. The molecule has 20 heavy (non-hydrogen) atoms. The van der Waals surface area contributed by atoms with E-state index in [1.807, 2.05) is 23.6 Å². The minimum Gasteiger partial charge on any atom is -0.366 e. The molecule has 2 aliphatic rings. The van der Waals surface area contributed by atoms with E-state index in [0.717, 1.165) is 6.54 Å². The summed E-state index contributed by atoms with van der Waals surface area (Å²) in [7, 11) is 0. The van der Waals surface area contributed by atoms with Crippen LogP contribution in [0.4, 0.5) is 0 Å². The topological polar surface area (TPSA) is 61.9 Å². The Morgan fingerprint density at radius 2 is 1.85 bits per heavy atom. The van der Waals surface area contributed by atoms with Gasteiger partial charge in [0.2, 0.25) is 5.91 Å². The van der Waals surface area contributed by atoms with Gasteiger partial charge in [-0.05, 0) is 5.92 Å². The van der Waals surface area contributed by atoms with Gasteiger partial charge in [0.15, 0.2) is 0 Å². The van der Waals surface area contributed by atoms with Crippen molar-refractivity contribution in [2.75, 3.05) is 45.9 Å². The second-order valence-corrected chi connectivity index (χ2v) is 5.87. The molecular weight excluding hydrogens is 258 g/mol. The van der Waals surface area contributed by atoms with E-state index in [4.69, 9.17) is 4.74 Å². The van der Waals surface area contributed by atoms with Gasteiger partial charge in [-0.3, -0.25) is 9.59 Å². The molecule has 0 aromatic rings. The van der Waals surface area contributed by atoms with Gasteiger partial charge >= 0.3 is 0 Å². The first-order valence-corrected chi connectivity index (χ1v) is 7.47. The SMILES string of the molecule is CC(C)CC(=O)N1CCN(C(=O)C2CNCCO2)CC1. The first-order chi connectivity index (χ1) is 9.58. The van der Waals surface area contributed by atoms with Crippen molar-refractivity contribution in [2.45, 2.75) is 26.4 Å². The zero-order valence-electron chi connectivity index (χ0n) is 12.4. The summed E-state index contributed by atoms with van der Waals surface area (Å²) in [5, 5.41) is 3.17. The molecule has 0 saturated carbocycles. The predicted molar refractivity (Wildman–Crippen MR) is 75.2 cm³/mol. The summed E-state index contributed by atoms with van der Waals surface area (Å²) in [6.45, 7) is 8.58. The quantitative estimate of drug-likeness (QED) is 0.772. The van der Waals surface area contributed by atoms with Gasteiger partial charge in [-0.1, -0.05) is 13.8 Å². The van der Waals surface area contributed by atoms with Crippen molar-refractivity contribution in [3.8, 4) is 0 Å². The lowest BCUT2D eigenvalue weighted by atomic mass is 10.1. The fraction of sp³-hybridized carbons (Fsp3) is 0.857. The third-order valence-corrected chi connectivity index (χ3v) is 3.73. The van der Waals surface area contributed by atoms with Crippen LogP contribution in [0.15, 0.2) is 0 Å². The Kier molecular flexibility index (Phi) is 5.37. The number of nitrogens with one attached hydrogen (secondary N) is 1. The second-order valence-electron chi connectivity index (χ2n) is 5.87. The molecule has 2 aliphatic heterocycles. The standard InChI is InChI=1S/C14H25N3O3/c1-11(2)9-13(18)16-4-6-17(7-5-16)14(19)12-10-15-3-8-20-12/h11-12,15H,3-10H2,1-2H3. The zero-order valence-corrected chi connectivity index (χ0v) is 12.4. The van der Waals surface area contributed by atoms with Crippen molar-refractivity contribution >= 4 is 11.8 Å². The molecule has 0 aliphatic carbocycles. The highest BCUT2D eigenvalue weighted by Gasteiger charge is 2.30. The monoisotopic (exact) mass is 283 g/mol. The number of piperazine rings is 1. The lowest BCUT2D eigenvalue weighted by Crippen LogP contribution is -2.56. The summed E-state index contributed by atoms with van der Waals surface area (Å²) in [6, 6.07) is 0. The van der Waals surface area contributed by atoms with Gasteiger partial charge in [0.1, 0.15) is 6.10 Å². The van der Waals surface area contributed by atoms with E-state index in [0.29, 0.717) is 51.7 Å². The Morgan fingerprint density at radius 3 is 2.40 bits per heavy atom. The number of rotatable bonds is 3. The van der Waals surface area contributed by atoms with Crippen LogP contribution in [0, 0.1) is 5.92 Å². The Bertz CT molecular complexity index is 346. The van der Waals surface area contributed by atoms with Crippen LogP contribution in [0.1, 0.15) is 20.3 Å². The lowest BCUT2D eigenvalue weighted by Gasteiger charge is -2.37. The van der Waals surface area contributed by atoms with E-state index in [1.54, 1.807) is 0 Å². The molecule has 1 atom stereocenters. The maximum Gasteiger partial charge on any atom is 0.253 e. The summed E-state index contributed by atoms with van der Waals surface area (Å²) in [4.78, 5) is 27.9. The molecule has 114 valence electrons. The second kappa shape index (κ2) is 7.04.